The van der Waals surface area contributed by atoms with E-state index in [4.69, 9.17) is 23.2 Å². The highest BCUT2D eigenvalue weighted by atomic mass is 35.5. The number of hydrogen-bond donors (Lipinski definition) is 1. The Labute approximate surface area is 108 Å². The van der Waals surface area contributed by atoms with E-state index in [0.29, 0.717) is 15.7 Å². The van der Waals surface area contributed by atoms with Crippen LogP contribution in [0.3, 0.4) is 0 Å². The van der Waals surface area contributed by atoms with Crippen molar-refractivity contribution in [2.45, 2.75) is 0 Å². The molecule has 0 aliphatic carbocycles. The lowest BCUT2D eigenvalue weighted by Gasteiger charge is -2.08. The molecule has 0 unspecified atom stereocenters. The molecule has 0 atom stereocenters. The van der Waals surface area contributed by atoms with Gasteiger partial charge in [0, 0.05) is 10.7 Å². The zero-order chi connectivity index (χ0) is 12.3. The van der Waals surface area contributed by atoms with E-state index in [0.717, 1.165) is 11.4 Å². The maximum Gasteiger partial charge on any atom is 0.108 e. The monoisotopic (exact) mass is 266 g/mol. The molecule has 0 amide bonds. The molecule has 86 valence electrons. The number of nitroso groups, excluding NO2 is 1. The van der Waals surface area contributed by atoms with Gasteiger partial charge in [-0.2, -0.15) is 0 Å². The Balaban J connectivity index is 2.22. The van der Waals surface area contributed by atoms with E-state index >= 15 is 0 Å². The molecular formula is C12H8Cl2N2O. The van der Waals surface area contributed by atoms with E-state index in [-0.39, 0.29) is 0 Å². The van der Waals surface area contributed by atoms with Gasteiger partial charge >= 0.3 is 0 Å². The van der Waals surface area contributed by atoms with Crippen molar-refractivity contribution in [3.63, 3.8) is 0 Å². The highest BCUT2D eigenvalue weighted by Crippen LogP contribution is 2.28. The number of hydrogen-bond acceptors (Lipinski definition) is 3. The molecule has 2 rings (SSSR count). The van der Waals surface area contributed by atoms with E-state index < -0.39 is 0 Å². The van der Waals surface area contributed by atoms with Crippen molar-refractivity contribution >= 4 is 40.3 Å². The van der Waals surface area contributed by atoms with Crippen LogP contribution in [0.1, 0.15) is 0 Å². The minimum atomic E-state index is 0.387. The lowest BCUT2D eigenvalue weighted by molar-refractivity contribution is 1.48. The summed E-state index contributed by atoms with van der Waals surface area (Å²) in [6.45, 7) is 0. The van der Waals surface area contributed by atoms with Crippen LogP contribution in [0, 0.1) is 4.91 Å². The second-order valence-electron chi connectivity index (χ2n) is 3.39. The van der Waals surface area contributed by atoms with Gasteiger partial charge in [0.05, 0.1) is 10.7 Å². The second kappa shape index (κ2) is 5.17. The highest BCUT2D eigenvalue weighted by Gasteiger charge is 2.01. The molecule has 2 aromatic rings. The molecule has 5 heteroatoms. The molecule has 1 N–H and O–H groups in total. The van der Waals surface area contributed by atoms with E-state index in [9.17, 15) is 4.91 Å². The molecule has 0 bridgehead atoms. The van der Waals surface area contributed by atoms with Gasteiger partial charge in [0.15, 0.2) is 0 Å². The predicted octanol–water partition coefficient (Wildman–Crippen LogP) is 5.13. The fourth-order valence-electron chi connectivity index (χ4n) is 1.35. The number of benzene rings is 2. The third-order valence-corrected chi connectivity index (χ3v) is 2.73. The van der Waals surface area contributed by atoms with Crippen molar-refractivity contribution in [3.05, 3.63) is 57.4 Å². The Morgan fingerprint density at radius 2 is 1.71 bits per heavy atom. The average molecular weight is 267 g/mol. The third kappa shape index (κ3) is 2.96. The van der Waals surface area contributed by atoms with Crippen LogP contribution in [-0.4, -0.2) is 0 Å². The van der Waals surface area contributed by atoms with Gasteiger partial charge in [-0.25, -0.2) is 0 Å². The Kier molecular flexibility index (Phi) is 3.61. The zero-order valence-electron chi connectivity index (χ0n) is 8.65. The molecular weight excluding hydrogens is 259 g/mol. The normalized spacial score (nSPS) is 10.0. The van der Waals surface area contributed by atoms with Crippen LogP contribution in [0.25, 0.3) is 0 Å². The van der Waals surface area contributed by atoms with Gasteiger partial charge in [-0.05, 0) is 47.6 Å². The molecule has 0 heterocycles. The Morgan fingerprint density at radius 3 is 2.29 bits per heavy atom. The van der Waals surface area contributed by atoms with Crippen LogP contribution in [0.15, 0.2) is 47.6 Å². The fourth-order valence-corrected chi connectivity index (χ4v) is 1.81. The average Bonchev–Trinajstić information content (AvgIpc) is 2.34. The molecule has 0 radical (unpaired) electrons. The summed E-state index contributed by atoms with van der Waals surface area (Å²) in [5.74, 6) is 0. The summed E-state index contributed by atoms with van der Waals surface area (Å²) < 4.78 is 0. The first kappa shape index (κ1) is 11.9. The van der Waals surface area contributed by atoms with Crippen LogP contribution in [0.2, 0.25) is 10.0 Å². The van der Waals surface area contributed by atoms with E-state index in [2.05, 4.69) is 10.5 Å². The van der Waals surface area contributed by atoms with E-state index in [1.807, 2.05) is 0 Å². The zero-order valence-corrected chi connectivity index (χ0v) is 10.2. The number of rotatable bonds is 3. The molecule has 0 aliphatic rings. The van der Waals surface area contributed by atoms with Crippen LogP contribution in [0.4, 0.5) is 17.1 Å². The first-order valence-corrected chi connectivity index (χ1v) is 5.60. The second-order valence-corrected chi connectivity index (χ2v) is 4.23. The van der Waals surface area contributed by atoms with Gasteiger partial charge in [0.25, 0.3) is 0 Å². The number of nitrogens with one attached hydrogen (secondary N) is 1. The van der Waals surface area contributed by atoms with Gasteiger partial charge in [-0.15, -0.1) is 4.91 Å². The van der Waals surface area contributed by atoms with E-state index in [1.54, 1.807) is 42.5 Å². The SMILES string of the molecule is O=Nc1ccc(Nc2ccc(Cl)cc2Cl)cc1. The molecule has 17 heavy (non-hydrogen) atoms. The predicted molar refractivity (Wildman–Crippen MR) is 71.6 cm³/mol. The topological polar surface area (TPSA) is 41.5 Å². The summed E-state index contributed by atoms with van der Waals surface area (Å²) in [4.78, 5) is 10.3. The standard InChI is InChI=1S/C12H8Cl2N2O/c13-8-1-6-12(11(14)7-8)15-9-2-4-10(16-17)5-3-9/h1-7,15H. The van der Waals surface area contributed by atoms with Crippen molar-refractivity contribution in [1.82, 2.24) is 0 Å². The molecule has 0 saturated heterocycles. The van der Waals surface area contributed by atoms with Crippen molar-refractivity contribution < 1.29 is 0 Å². The Hall–Kier alpha value is -1.58. The van der Waals surface area contributed by atoms with Gasteiger partial charge < -0.3 is 5.32 Å². The molecule has 2 aromatic carbocycles. The van der Waals surface area contributed by atoms with Crippen LogP contribution in [-0.2, 0) is 0 Å². The van der Waals surface area contributed by atoms with Crippen molar-refractivity contribution in [3.8, 4) is 0 Å². The maximum atomic E-state index is 10.3. The Morgan fingerprint density at radius 1 is 1.00 bits per heavy atom. The van der Waals surface area contributed by atoms with Crippen LogP contribution < -0.4 is 5.32 Å². The van der Waals surface area contributed by atoms with Gasteiger partial charge in [-0.3, -0.25) is 0 Å². The first-order valence-electron chi connectivity index (χ1n) is 4.84. The number of halogens is 2. The van der Waals surface area contributed by atoms with Crippen molar-refractivity contribution in [2.24, 2.45) is 5.18 Å². The van der Waals surface area contributed by atoms with Gasteiger partial charge in [0.2, 0.25) is 0 Å². The highest BCUT2D eigenvalue weighted by molar-refractivity contribution is 6.36. The van der Waals surface area contributed by atoms with Crippen LogP contribution >= 0.6 is 23.2 Å². The lowest BCUT2D eigenvalue weighted by Crippen LogP contribution is -1.90. The minimum absolute atomic E-state index is 0.387. The first-order chi connectivity index (χ1) is 8.19. The molecule has 0 saturated carbocycles. The smallest absolute Gasteiger partial charge is 0.108 e. The fraction of sp³-hybridized carbons (Fsp3) is 0. The summed E-state index contributed by atoms with van der Waals surface area (Å²) >= 11 is 11.8. The van der Waals surface area contributed by atoms with Gasteiger partial charge in [-0.1, -0.05) is 23.2 Å². The quantitative estimate of drug-likeness (QED) is 0.782. The largest absolute Gasteiger partial charge is 0.354 e. The molecule has 0 aromatic heterocycles. The molecule has 0 spiro atoms. The third-order valence-electron chi connectivity index (χ3n) is 2.18. The molecule has 0 fully saturated rings. The number of anilines is 2. The summed E-state index contributed by atoms with van der Waals surface area (Å²) in [5, 5.41) is 7.06. The van der Waals surface area contributed by atoms with Crippen molar-refractivity contribution in [2.75, 3.05) is 5.32 Å². The van der Waals surface area contributed by atoms with E-state index in [1.165, 1.54) is 0 Å². The summed E-state index contributed by atoms with van der Waals surface area (Å²) in [6, 6.07) is 11.9. The Bertz CT molecular complexity index is 541. The van der Waals surface area contributed by atoms with Crippen LogP contribution in [0.5, 0.6) is 0 Å². The summed E-state index contributed by atoms with van der Waals surface area (Å²) in [5.41, 5.74) is 1.96. The van der Waals surface area contributed by atoms with Gasteiger partial charge in [0.1, 0.15) is 5.69 Å². The summed E-state index contributed by atoms with van der Waals surface area (Å²) in [7, 11) is 0. The number of nitrogens with zero attached hydrogens (tertiary/aromatic N) is 1. The maximum absolute atomic E-state index is 10.3. The molecule has 3 nitrogen and oxygen atoms in total. The lowest BCUT2D eigenvalue weighted by atomic mass is 10.2. The minimum Gasteiger partial charge on any atom is -0.354 e. The van der Waals surface area contributed by atoms with Crippen molar-refractivity contribution in [1.29, 1.82) is 0 Å². The summed E-state index contributed by atoms with van der Waals surface area (Å²) in [6.07, 6.45) is 0. The molecule has 0 aliphatic heterocycles.